The zero-order chi connectivity index (χ0) is 24.1. The standard InChI is InChI=1S/C27H31NO5S/c1-2-12-22(25-26(29)21-16-8-3-4-9-17-23(21)33-27(25)30)28-34(31,32)24-18-11-10-15-20(24)19-13-6-5-7-14-19/h5-7,10-11,13-15,18,22,28-29H,2-4,8-9,12,16-17H2,1H3. The van der Waals surface area contributed by atoms with Gasteiger partial charge >= 0.3 is 5.63 Å². The minimum atomic E-state index is -4.02. The van der Waals surface area contributed by atoms with Crippen molar-refractivity contribution in [2.45, 2.75) is 69.2 Å². The highest BCUT2D eigenvalue weighted by molar-refractivity contribution is 7.89. The quantitative estimate of drug-likeness (QED) is 0.465. The Labute approximate surface area is 200 Å². The molecule has 0 spiro atoms. The van der Waals surface area contributed by atoms with Crippen LogP contribution in [0.25, 0.3) is 11.1 Å². The van der Waals surface area contributed by atoms with E-state index in [-0.39, 0.29) is 16.2 Å². The fourth-order valence-corrected chi connectivity index (χ4v) is 6.16. The van der Waals surface area contributed by atoms with Crippen molar-refractivity contribution in [2.75, 3.05) is 0 Å². The topological polar surface area (TPSA) is 96.6 Å². The first kappa shape index (κ1) is 24.2. The lowest BCUT2D eigenvalue weighted by molar-refractivity contribution is 0.375. The summed E-state index contributed by atoms with van der Waals surface area (Å²) in [6.07, 6.45) is 6.08. The molecule has 2 aromatic carbocycles. The Morgan fingerprint density at radius 2 is 1.65 bits per heavy atom. The molecule has 1 aliphatic carbocycles. The van der Waals surface area contributed by atoms with E-state index in [2.05, 4.69) is 4.72 Å². The molecule has 1 atom stereocenters. The highest BCUT2D eigenvalue weighted by Crippen LogP contribution is 2.35. The van der Waals surface area contributed by atoms with Crippen LogP contribution in [0.1, 0.15) is 68.4 Å². The predicted molar refractivity (Wildman–Crippen MR) is 132 cm³/mol. The highest BCUT2D eigenvalue weighted by atomic mass is 32.2. The zero-order valence-electron chi connectivity index (χ0n) is 19.4. The van der Waals surface area contributed by atoms with Gasteiger partial charge in [-0.05, 0) is 37.3 Å². The fourth-order valence-electron chi connectivity index (χ4n) is 4.69. The molecule has 7 heteroatoms. The molecule has 34 heavy (non-hydrogen) atoms. The molecule has 180 valence electrons. The average Bonchev–Trinajstić information content (AvgIpc) is 2.81. The third kappa shape index (κ3) is 5.10. The van der Waals surface area contributed by atoms with E-state index in [9.17, 15) is 18.3 Å². The van der Waals surface area contributed by atoms with Gasteiger partial charge in [-0.1, -0.05) is 74.7 Å². The molecule has 1 aromatic heterocycles. The SMILES string of the molecule is CCCC(NS(=O)(=O)c1ccccc1-c1ccccc1)c1c(O)c2c(oc1=O)CCCCCC2. The van der Waals surface area contributed by atoms with Crippen LogP contribution in [0, 0.1) is 0 Å². The molecule has 1 aliphatic rings. The molecule has 0 saturated carbocycles. The second-order valence-corrected chi connectivity index (χ2v) is 10.5. The number of aromatic hydroxyl groups is 1. The Morgan fingerprint density at radius 3 is 2.38 bits per heavy atom. The average molecular weight is 482 g/mol. The molecule has 0 saturated heterocycles. The summed E-state index contributed by atoms with van der Waals surface area (Å²) in [5, 5.41) is 11.1. The summed E-state index contributed by atoms with van der Waals surface area (Å²) in [5.74, 6) is 0.407. The van der Waals surface area contributed by atoms with Gasteiger partial charge in [0.15, 0.2) is 0 Å². The summed E-state index contributed by atoms with van der Waals surface area (Å²) in [6.45, 7) is 1.91. The van der Waals surface area contributed by atoms with Crippen molar-refractivity contribution in [3.8, 4) is 16.9 Å². The first-order chi connectivity index (χ1) is 16.4. The second-order valence-electron chi connectivity index (χ2n) is 8.79. The Hall–Kier alpha value is -2.90. The van der Waals surface area contributed by atoms with Crippen LogP contribution in [-0.4, -0.2) is 13.5 Å². The van der Waals surface area contributed by atoms with E-state index < -0.39 is 21.7 Å². The van der Waals surface area contributed by atoms with Crippen LogP contribution in [0.4, 0.5) is 0 Å². The minimum absolute atomic E-state index is 0.00180. The molecule has 0 fully saturated rings. The fraction of sp³-hybridized carbons (Fsp3) is 0.370. The number of nitrogens with one attached hydrogen (secondary N) is 1. The van der Waals surface area contributed by atoms with Crippen molar-refractivity contribution in [3.63, 3.8) is 0 Å². The highest BCUT2D eigenvalue weighted by Gasteiger charge is 2.30. The predicted octanol–water partition coefficient (Wildman–Crippen LogP) is 5.49. The number of aryl methyl sites for hydroxylation is 1. The van der Waals surface area contributed by atoms with Crippen LogP contribution >= 0.6 is 0 Å². The monoisotopic (exact) mass is 481 g/mol. The number of sulfonamides is 1. The van der Waals surface area contributed by atoms with Crippen molar-refractivity contribution in [1.29, 1.82) is 0 Å². The van der Waals surface area contributed by atoms with Crippen LogP contribution in [0.15, 0.2) is 68.7 Å². The molecule has 6 nitrogen and oxygen atoms in total. The molecule has 2 N–H and O–H groups in total. The van der Waals surface area contributed by atoms with Crippen molar-refractivity contribution in [2.24, 2.45) is 0 Å². The van der Waals surface area contributed by atoms with Gasteiger partial charge in [-0.25, -0.2) is 17.9 Å². The molecule has 0 radical (unpaired) electrons. The molecule has 4 rings (SSSR count). The summed E-state index contributed by atoms with van der Waals surface area (Å²) >= 11 is 0. The Balaban J connectivity index is 1.76. The van der Waals surface area contributed by atoms with Crippen molar-refractivity contribution >= 4 is 10.0 Å². The smallest absolute Gasteiger partial charge is 0.344 e. The van der Waals surface area contributed by atoms with E-state index in [0.29, 0.717) is 42.6 Å². The first-order valence-electron chi connectivity index (χ1n) is 12.0. The van der Waals surface area contributed by atoms with E-state index in [4.69, 9.17) is 4.42 Å². The normalized spacial score (nSPS) is 15.2. The van der Waals surface area contributed by atoms with Crippen LogP contribution < -0.4 is 10.3 Å². The van der Waals surface area contributed by atoms with Gasteiger partial charge in [0.25, 0.3) is 0 Å². The number of rotatable bonds is 7. The summed E-state index contributed by atoms with van der Waals surface area (Å²) in [5.41, 5.74) is 1.31. The summed E-state index contributed by atoms with van der Waals surface area (Å²) < 4.78 is 35.5. The van der Waals surface area contributed by atoms with Crippen LogP contribution in [0.3, 0.4) is 0 Å². The molecule has 0 aliphatic heterocycles. The molecule has 1 heterocycles. The Bertz CT molecular complexity index is 1300. The van der Waals surface area contributed by atoms with Gasteiger partial charge in [-0.3, -0.25) is 0 Å². The molecular formula is C27H31NO5S. The molecule has 0 bridgehead atoms. The largest absolute Gasteiger partial charge is 0.507 e. The Morgan fingerprint density at radius 1 is 0.971 bits per heavy atom. The number of hydrogen-bond donors (Lipinski definition) is 2. The third-order valence-electron chi connectivity index (χ3n) is 6.38. The van der Waals surface area contributed by atoms with E-state index in [1.165, 1.54) is 0 Å². The van der Waals surface area contributed by atoms with E-state index in [1.807, 2.05) is 37.3 Å². The van der Waals surface area contributed by atoms with Gasteiger partial charge in [-0.15, -0.1) is 0 Å². The molecule has 1 unspecified atom stereocenters. The summed E-state index contributed by atoms with van der Waals surface area (Å²) in [7, 11) is -4.02. The van der Waals surface area contributed by atoms with E-state index in [0.717, 1.165) is 31.2 Å². The van der Waals surface area contributed by atoms with Gasteiger partial charge in [0.05, 0.1) is 16.5 Å². The van der Waals surface area contributed by atoms with E-state index >= 15 is 0 Å². The molecular weight excluding hydrogens is 450 g/mol. The van der Waals surface area contributed by atoms with Gasteiger partial charge in [0, 0.05) is 17.5 Å². The van der Waals surface area contributed by atoms with Crippen molar-refractivity contribution < 1.29 is 17.9 Å². The number of benzene rings is 2. The third-order valence-corrected chi connectivity index (χ3v) is 7.91. The maximum Gasteiger partial charge on any atom is 0.344 e. The number of hydrogen-bond acceptors (Lipinski definition) is 5. The van der Waals surface area contributed by atoms with Gasteiger partial charge in [0.1, 0.15) is 11.5 Å². The number of fused-ring (bicyclic) bond motifs is 1. The van der Waals surface area contributed by atoms with Gasteiger partial charge < -0.3 is 9.52 Å². The minimum Gasteiger partial charge on any atom is -0.507 e. The maximum atomic E-state index is 13.6. The first-order valence-corrected chi connectivity index (χ1v) is 13.4. The van der Waals surface area contributed by atoms with Crippen LogP contribution in [-0.2, 0) is 22.9 Å². The zero-order valence-corrected chi connectivity index (χ0v) is 20.2. The molecule has 0 amide bonds. The lowest BCUT2D eigenvalue weighted by atomic mass is 9.94. The summed E-state index contributed by atoms with van der Waals surface area (Å²) in [4.78, 5) is 13.1. The molecule has 3 aromatic rings. The van der Waals surface area contributed by atoms with Crippen molar-refractivity contribution in [3.05, 3.63) is 81.9 Å². The van der Waals surface area contributed by atoms with Gasteiger partial charge in [0.2, 0.25) is 10.0 Å². The summed E-state index contributed by atoms with van der Waals surface area (Å²) in [6, 6.07) is 15.2. The van der Waals surface area contributed by atoms with Crippen molar-refractivity contribution in [1.82, 2.24) is 4.72 Å². The van der Waals surface area contributed by atoms with Crippen LogP contribution in [0.5, 0.6) is 5.75 Å². The maximum absolute atomic E-state index is 13.6. The Kier molecular flexibility index (Phi) is 7.54. The van der Waals surface area contributed by atoms with E-state index in [1.54, 1.807) is 24.3 Å². The lowest BCUT2D eigenvalue weighted by Crippen LogP contribution is -2.32. The van der Waals surface area contributed by atoms with Gasteiger partial charge in [-0.2, -0.15) is 0 Å². The lowest BCUT2D eigenvalue weighted by Gasteiger charge is -2.22. The second kappa shape index (κ2) is 10.6. The van der Waals surface area contributed by atoms with Crippen LogP contribution in [0.2, 0.25) is 0 Å².